The normalized spacial score (nSPS) is 10.3. The van der Waals surface area contributed by atoms with Crippen molar-refractivity contribution in [2.75, 3.05) is 0 Å². The van der Waals surface area contributed by atoms with Gasteiger partial charge >= 0.3 is 0 Å². The van der Waals surface area contributed by atoms with Crippen molar-refractivity contribution in [1.82, 2.24) is 9.97 Å². The quantitative estimate of drug-likeness (QED) is 0.542. The third kappa shape index (κ3) is 1.82. The molecular weight excluding hydrogens is 211 g/mol. The van der Waals surface area contributed by atoms with Crippen LogP contribution in [-0.2, 0) is 0 Å². The summed E-state index contributed by atoms with van der Waals surface area (Å²) in [5, 5.41) is 0.408. The minimum atomic E-state index is 0.110. The number of furan rings is 1. The summed E-state index contributed by atoms with van der Waals surface area (Å²) < 4.78 is 5.12. The SMILES string of the molecule is Clc1cc(-c2ccco2)nc(Cl)n1. The Morgan fingerprint density at radius 1 is 1.23 bits per heavy atom. The van der Waals surface area contributed by atoms with Gasteiger partial charge in [0.15, 0.2) is 5.76 Å². The Kier molecular flexibility index (Phi) is 2.20. The molecule has 0 saturated carbocycles. The van der Waals surface area contributed by atoms with Crippen LogP contribution >= 0.6 is 23.2 Å². The van der Waals surface area contributed by atoms with E-state index in [1.807, 2.05) is 0 Å². The van der Waals surface area contributed by atoms with Gasteiger partial charge in [-0.3, -0.25) is 0 Å². The molecule has 2 rings (SSSR count). The maximum atomic E-state index is 5.69. The molecule has 0 aromatic carbocycles. The fourth-order valence-electron chi connectivity index (χ4n) is 0.940. The number of hydrogen-bond donors (Lipinski definition) is 0. The van der Waals surface area contributed by atoms with Gasteiger partial charge in [-0.1, -0.05) is 11.6 Å². The van der Waals surface area contributed by atoms with Crippen LogP contribution in [0.1, 0.15) is 0 Å². The first-order valence-electron chi connectivity index (χ1n) is 3.49. The van der Waals surface area contributed by atoms with E-state index in [4.69, 9.17) is 27.6 Å². The standard InChI is InChI=1S/C8H4Cl2N2O/c9-7-4-5(11-8(10)12-7)6-2-1-3-13-6/h1-4H. The Morgan fingerprint density at radius 2 is 2.08 bits per heavy atom. The lowest BCUT2D eigenvalue weighted by atomic mass is 10.3. The predicted molar refractivity (Wildman–Crippen MR) is 49.8 cm³/mol. The fourth-order valence-corrected chi connectivity index (χ4v) is 1.35. The molecule has 0 spiro atoms. The van der Waals surface area contributed by atoms with Crippen molar-refractivity contribution < 1.29 is 4.42 Å². The first kappa shape index (κ1) is 8.53. The summed E-state index contributed by atoms with van der Waals surface area (Å²) in [5.74, 6) is 0.617. The van der Waals surface area contributed by atoms with Crippen LogP contribution in [-0.4, -0.2) is 9.97 Å². The second-order valence-corrected chi connectivity index (χ2v) is 3.05. The van der Waals surface area contributed by atoms with E-state index in [0.29, 0.717) is 16.6 Å². The third-order valence-corrected chi connectivity index (χ3v) is 1.80. The Bertz CT molecular complexity index is 394. The van der Waals surface area contributed by atoms with Gasteiger partial charge in [0, 0.05) is 6.07 Å². The Labute approximate surface area is 84.3 Å². The summed E-state index contributed by atoms with van der Waals surface area (Å²) in [6.07, 6.45) is 1.55. The maximum Gasteiger partial charge on any atom is 0.224 e. The van der Waals surface area contributed by atoms with Gasteiger partial charge in [-0.05, 0) is 23.7 Å². The maximum absolute atomic E-state index is 5.69. The van der Waals surface area contributed by atoms with Gasteiger partial charge < -0.3 is 4.42 Å². The van der Waals surface area contributed by atoms with Crippen LogP contribution in [0.25, 0.3) is 11.5 Å². The van der Waals surface area contributed by atoms with E-state index >= 15 is 0 Å². The highest BCUT2D eigenvalue weighted by Crippen LogP contribution is 2.21. The first-order valence-corrected chi connectivity index (χ1v) is 4.25. The summed E-state index contributed by atoms with van der Waals surface area (Å²) in [4.78, 5) is 7.67. The predicted octanol–water partition coefficient (Wildman–Crippen LogP) is 3.04. The largest absolute Gasteiger partial charge is 0.463 e. The van der Waals surface area contributed by atoms with Gasteiger partial charge in [-0.2, -0.15) is 0 Å². The van der Waals surface area contributed by atoms with Gasteiger partial charge in [0.1, 0.15) is 10.8 Å². The van der Waals surface area contributed by atoms with E-state index < -0.39 is 0 Å². The van der Waals surface area contributed by atoms with Gasteiger partial charge in [0.25, 0.3) is 0 Å². The van der Waals surface area contributed by atoms with Crippen LogP contribution in [0.3, 0.4) is 0 Å². The highest BCUT2D eigenvalue weighted by atomic mass is 35.5. The molecule has 3 nitrogen and oxygen atoms in total. The molecule has 0 aliphatic carbocycles. The van der Waals surface area contributed by atoms with Gasteiger partial charge in [-0.25, -0.2) is 9.97 Å². The summed E-state index contributed by atoms with van der Waals surface area (Å²) in [7, 11) is 0. The molecule has 2 aromatic rings. The topological polar surface area (TPSA) is 38.9 Å². The van der Waals surface area contributed by atoms with E-state index in [1.165, 1.54) is 0 Å². The van der Waals surface area contributed by atoms with E-state index in [2.05, 4.69) is 9.97 Å². The van der Waals surface area contributed by atoms with Crippen molar-refractivity contribution in [3.63, 3.8) is 0 Å². The monoisotopic (exact) mass is 214 g/mol. The van der Waals surface area contributed by atoms with Crippen molar-refractivity contribution in [3.8, 4) is 11.5 Å². The molecule has 0 aliphatic heterocycles. The zero-order chi connectivity index (χ0) is 9.26. The number of halogens is 2. The third-order valence-electron chi connectivity index (χ3n) is 1.44. The Hall–Kier alpha value is -1.06. The molecule has 2 heterocycles. The van der Waals surface area contributed by atoms with Gasteiger partial charge in [0.05, 0.1) is 6.26 Å². The second-order valence-electron chi connectivity index (χ2n) is 2.32. The number of nitrogens with zero attached hydrogens (tertiary/aromatic N) is 2. The van der Waals surface area contributed by atoms with E-state index in [1.54, 1.807) is 24.5 Å². The number of hydrogen-bond acceptors (Lipinski definition) is 3. The molecule has 0 N–H and O–H groups in total. The Morgan fingerprint density at radius 3 is 2.69 bits per heavy atom. The lowest BCUT2D eigenvalue weighted by Gasteiger charge is -1.96. The van der Waals surface area contributed by atoms with E-state index in [-0.39, 0.29) is 5.28 Å². The zero-order valence-corrected chi connectivity index (χ0v) is 7.88. The van der Waals surface area contributed by atoms with Gasteiger partial charge in [0.2, 0.25) is 5.28 Å². The van der Waals surface area contributed by atoms with Crippen molar-refractivity contribution in [2.24, 2.45) is 0 Å². The molecule has 0 atom stereocenters. The van der Waals surface area contributed by atoms with Crippen LogP contribution in [0.15, 0.2) is 28.9 Å². The summed E-state index contributed by atoms with van der Waals surface area (Å²) in [6.45, 7) is 0. The van der Waals surface area contributed by atoms with Crippen LogP contribution in [0.5, 0.6) is 0 Å². The van der Waals surface area contributed by atoms with Crippen molar-refractivity contribution in [3.05, 3.63) is 34.9 Å². The van der Waals surface area contributed by atoms with Crippen molar-refractivity contribution >= 4 is 23.2 Å². The molecule has 13 heavy (non-hydrogen) atoms. The van der Waals surface area contributed by atoms with Crippen LogP contribution in [0.4, 0.5) is 0 Å². The minimum Gasteiger partial charge on any atom is -0.463 e. The summed E-state index contributed by atoms with van der Waals surface area (Å²) in [6, 6.07) is 5.13. The average molecular weight is 215 g/mol. The molecule has 66 valence electrons. The number of aromatic nitrogens is 2. The van der Waals surface area contributed by atoms with Crippen molar-refractivity contribution in [1.29, 1.82) is 0 Å². The molecule has 0 fully saturated rings. The highest BCUT2D eigenvalue weighted by Gasteiger charge is 2.05. The molecule has 0 aliphatic rings. The first-order chi connectivity index (χ1) is 6.25. The molecule has 5 heteroatoms. The van der Waals surface area contributed by atoms with Crippen molar-refractivity contribution in [2.45, 2.75) is 0 Å². The molecule has 0 bridgehead atoms. The van der Waals surface area contributed by atoms with E-state index in [0.717, 1.165) is 0 Å². The van der Waals surface area contributed by atoms with Crippen LogP contribution in [0.2, 0.25) is 10.4 Å². The molecule has 0 amide bonds. The van der Waals surface area contributed by atoms with E-state index in [9.17, 15) is 0 Å². The fraction of sp³-hybridized carbons (Fsp3) is 0. The molecule has 0 saturated heterocycles. The second kappa shape index (κ2) is 3.36. The lowest BCUT2D eigenvalue weighted by molar-refractivity contribution is 0.580. The van der Waals surface area contributed by atoms with Crippen LogP contribution < -0.4 is 0 Å². The lowest BCUT2D eigenvalue weighted by Crippen LogP contribution is -1.86. The summed E-state index contributed by atoms with van der Waals surface area (Å²) >= 11 is 11.3. The summed E-state index contributed by atoms with van der Waals surface area (Å²) in [5.41, 5.74) is 0.579. The number of rotatable bonds is 1. The molecule has 0 radical (unpaired) electrons. The Balaban J connectivity index is 2.53. The molecular formula is C8H4Cl2N2O. The van der Waals surface area contributed by atoms with Crippen LogP contribution in [0, 0.1) is 0 Å². The smallest absolute Gasteiger partial charge is 0.224 e. The molecule has 2 aromatic heterocycles. The zero-order valence-electron chi connectivity index (χ0n) is 6.37. The average Bonchev–Trinajstić information content (AvgIpc) is 2.53. The molecule has 0 unspecified atom stereocenters. The van der Waals surface area contributed by atoms with Gasteiger partial charge in [-0.15, -0.1) is 0 Å². The minimum absolute atomic E-state index is 0.110. The highest BCUT2D eigenvalue weighted by molar-refractivity contribution is 6.32.